The molecule has 204 valence electrons. The maximum Gasteiger partial charge on any atom is 0.239 e. The van der Waals surface area contributed by atoms with Gasteiger partial charge in [0.2, 0.25) is 5.91 Å². The molecule has 0 aliphatic carbocycles. The molecule has 1 aliphatic heterocycles. The first-order valence-corrected chi connectivity index (χ1v) is 13.3. The van der Waals surface area contributed by atoms with Crippen molar-refractivity contribution in [2.24, 2.45) is 7.05 Å². The quantitative estimate of drug-likeness (QED) is 0.356. The summed E-state index contributed by atoms with van der Waals surface area (Å²) in [6, 6.07) is 9.21. The highest BCUT2D eigenvalue weighted by atomic mass is 19.1. The maximum atomic E-state index is 13.8. The van der Waals surface area contributed by atoms with Crippen LogP contribution in [0.2, 0.25) is 0 Å². The summed E-state index contributed by atoms with van der Waals surface area (Å²) in [5.74, 6) is -0.262. The number of nitrogens with one attached hydrogen (secondary N) is 2. The number of fused-ring (bicyclic) bond motifs is 2. The summed E-state index contributed by atoms with van der Waals surface area (Å²) in [6.07, 6.45) is 0.896. The number of rotatable bonds is 12. The molecule has 1 aromatic heterocycles. The molecule has 0 fully saturated rings. The number of hydrogen-bond donors (Lipinski definition) is 2. The lowest BCUT2D eigenvalue weighted by Gasteiger charge is -2.35. The minimum absolute atomic E-state index is 0.0443. The molecular weight excluding hydrogens is 481 g/mol. The van der Waals surface area contributed by atoms with Crippen molar-refractivity contribution in [1.29, 1.82) is 0 Å². The summed E-state index contributed by atoms with van der Waals surface area (Å²) in [5.41, 5.74) is 7.10. The number of aromatic nitrogens is 2. The minimum Gasteiger partial charge on any atom is -0.356 e. The minimum atomic E-state index is -0.218. The first-order chi connectivity index (χ1) is 18.2. The molecule has 0 unspecified atom stereocenters. The highest BCUT2D eigenvalue weighted by molar-refractivity contribution is 5.88. The molecule has 8 nitrogen and oxygen atoms in total. The Labute approximate surface area is 225 Å². The van der Waals surface area contributed by atoms with Crippen LogP contribution in [0.5, 0.6) is 0 Å². The van der Waals surface area contributed by atoms with Crippen molar-refractivity contribution in [2.75, 3.05) is 44.7 Å². The number of aryl methyl sites for hydroxylation is 3. The topological polar surface area (TPSA) is 68.7 Å². The smallest absolute Gasteiger partial charge is 0.239 e. The monoisotopic (exact) mass is 521 g/mol. The van der Waals surface area contributed by atoms with E-state index in [0.29, 0.717) is 26.2 Å². The molecule has 2 heterocycles. The first kappa shape index (κ1) is 27.6. The molecular formula is C29H40FN7O. The van der Waals surface area contributed by atoms with Crippen molar-refractivity contribution in [3.05, 3.63) is 70.8 Å². The molecule has 0 bridgehead atoms. The number of likely N-dealkylation sites (N-methyl/N-ethyl adjacent to an activating group) is 2. The predicted molar refractivity (Wildman–Crippen MR) is 151 cm³/mol. The van der Waals surface area contributed by atoms with E-state index in [9.17, 15) is 9.18 Å². The number of amides is 1. The maximum absolute atomic E-state index is 13.8. The number of carbonyl (C=O) groups excluding carboxylic acids is 1. The summed E-state index contributed by atoms with van der Waals surface area (Å²) in [4.78, 5) is 15.0. The number of hydrazine groups is 1. The van der Waals surface area contributed by atoms with Crippen LogP contribution in [0.4, 0.5) is 10.1 Å². The lowest BCUT2D eigenvalue weighted by atomic mass is 10.1. The van der Waals surface area contributed by atoms with Gasteiger partial charge in [0.05, 0.1) is 18.6 Å². The van der Waals surface area contributed by atoms with Crippen molar-refractivity contribution < 1.29 is 9.18 Å². The zero-order valence-corrected chi connectivity index (χ0v) is 23.3. The van der Waals surface area contributed by atoms with Gasteiger partial charge in [-0.25, -0.2) is 9.40 Å². The SMILES string of the molecule is C=C(CN(CC(=O)NCCNCC)c1cc2nn(C)c(CC)c2cc1C)N(C)N1Cc2ccc(F)cc2C1. The van der Waals surface area contributed by atoms with E-state index in [0.717, 1.165) is 58.5 Å². The summed E-state index contributed by atoms with van der Waals surface area (Å²) in [7, 11) is 3.95. The van der Waals surface area contributed by atoms with Gasteiger partial charge in [0, 0.05) is 62.7 Å². The third-order valence-corrected chi connectivity index (χ3v) is 7.29. The van der Waals surface area contributed by atoms with E-state index in [1.54, 1.807) is 6.07 Å². The fourth-order valence-electron chi connectivity index (χ4n) is 5.16. The molecule has 0 saturated heterocycles. The molecule has 0 radical (unpaired) electrons. The van der Waals surface area contributed by atoms with E-state index in [-0.39, 0.29) is 18.3 Å². The van der Waals surface area contributed by atoms with E-state index in [2.05, 4.69) is 53.1 Å². The third-order valence-electron chi connectivity index (χ3n) is 7.29. The lowest BCUT2D eigenvalue weighted by Crippen LogP contribution is -2.44. The molecule has 1 amide bonds. The van der Waals surface area contributed by atoms with E-state index in [4.69, 9.17) is 5.10 Å². The van der Waals surface area contributed by atoms with Gasteiger partial charge in [0.25, 0.3) is 0 Å². The van der Waals surface area contributed by atoms with E-state index < -0.39 is 0 Å². The predicted octanol–water partition coefficient (Wildman–Crippen LogP) is 3.49. The Morgan fingerprint density at radius 2 is 1.89 bits per heavy atom. The standard InChI is InChI=1S/C29H40FN7O/c1-7-27-25-13-20(3)28(15-26(25)33-34(27)5)36(19-29(38)32-12-11-31-8-2)16-21(4)35(6)37-17-22-9-10-24(30)14-23(22)18-37/h9-10,13-15,31H,4,7-8,11-12,16-19H2,1-3,5-6H3,(H,32,38). The Morgan fingerprint density at radius 1 is 1.13 bits per heavy atom. The van der Waals surface area contributed by atoms with Crippen molar-refractivity contribution in [3.63, 3.8) is 0 Å². The number of halogens is 1. The number of benzene rings is 2. The lowest BCUT2D eigenvalue weighted by molar-refractivity contribution is -0.119. The van der Waals surface area contributed by atoms with Crippen molar-refractivity contribution in [1.82, 2.24) is 30.4 Å². The van der Waals surface area contributed by atoms with Crippen LogP contribution >= 0.6 is 0 Å². The molecule has 0 atom stereocenters. The van der Waals surface area contributed by atoms with Gasteiger partial charge in [-0.2, -0.15) is 5.10 Å². The first-order valence-electron chi connectivity index (χ1n) is 13.3. The van der Waals surface area contributed by atoms with Gasteiger partial charge in [-0.15, -0.1) is 0 Å². The molecule has 4 rings (SSSR count). The molecule has 2 aromatic carbocycles. The Balaban J connectivity index is 1.55. The van der Waals surface area contributed by atoms with Gasteiger partial charge < -0.3 is 20.5 Å². The fraction of sp³-hybridized carbons (Fsp3) is 0.448. The molecule has 9 heteroatoms. The van der Waals surface area contributed by atoms with E-state index in [1.165, 1.54) is 11.8 Å². The van der Waals surface area contributed by atoms with Crippen molar-refractivity contribution in [2.45, 2.75) is 40.3 Å². The van der Waals surface area contributed by atoms with Crippen LogP contribution in [0.1, 0.15) is 36.2 Å². The average molecular weight is 522 g/mol. The third kappa shape index (κ3) is 6.00. The van der Waals surface area contributed by atoms with Gasteiger partial charge in [0.15, 0.2) is 0 Å². The Hall–Kier alpha value is -3.43. The number of hydrogen-bond acceptors (Lipinski definition) is 6. The van der Waals surface area contributed by atoms with Gasteiger partial charge in [-0.3, -0.25) is 9.48 Å². The van der Waals surface area contributed by atoms with Crippen molar-refractivity contribution in [3.8, 4) is 0 Å². The van der Waals surface area contributed by atoms with Gasteiger partial charge >= 0.3 is 0 Å². The number of carbonyl (C=O) groups is 1. The second-order valence-corrected chi connectivity index (χ2v) is 9.96. The van der Waals surface area contributed by atoms with Crippen molar-refractivity contribution >= 4 is 22.5 Å². The summed E-state index contributed by atoms with van der Waals surface area (Å²) >= 11 is 0. The van der Waals surface area contributed by atoms with Crippen LogP contribution in [0.25, 0.3) is 10.9 Å². The largest absolute Gasteiger partial charge is 0.356 e. The van der Waals surface area contributed by atoms with Crippen LogP contribution in [-0.4, -0.2) is 65.5 Å². The Bertz CT molecular complexity index is 1320. The normalized spacial score (nSPS) is 13.1. The molecule has 1 aliphatic rings. The van der Waals surface area contributed by atoms with Gasteiger partial charge in [-0.1, -0.05) is 26.5 Å². The fourth-order valence-corrected chi connectivity index (χ4v) is 5.16. The second kappa shape index (κ2) is 12.0. The summed E-state index contributed by atoms with van der Waals surface area (Å²) < 4.78 is 15.7. The second-order valence-electron chi connectivity index (χ2n) is 9.96. The molecule has 3 aromatic rings. The average Bonchev–Trinajstić information content (AvgIpc) is 3.44. The molecule has 0 saturated carbocycles. The Kier molecular flexibility index (Phi) is 8.69. The Morgan fingerprint density at radius 3 is 2.63 bits per heavy atom. The van der Waals surface area contributed by atoms with Gasteiger partial charge in [-0.05, 0) is 60.8 Å². The highest BCUT2D eigenvalue weighted by Gasteiger charge is 2.25. The van der Waals surface area contributed by atoms with Gasteiger partial charge in [0.1, 0.15) is 5.82 Å². The van der Waals surface area contributed by atoms with E-state index in [1.807, 2.05) is 36.8 Å². The van der Waals surface area contributed by atoms with Crippen LogP contribution in [-0.2, 0) is 31.4 Å². The van der Waals surface area contributed by atoms with Crippen LogP contribution in [0.3, 0.4) is 0 Å². The summed E-state index contributed by atoms with van der Waals surface area (Å²) in [6.45, 7) is 14.8. The van der Waals surface area contributed by atoms with Crippen LogP contribution in [0, 0.1) is 12.7 Å². The highest BCUT2D eigenvalue weighted by Crippen LogP contribution is 2.30. The number of anilines is 1. The molecule has 2 N–H and O–H groups in total. The van der Waals surface area contributed by atoms with Crippen LogP contribution < -0.4 is 15.5 Å². The molecule has 38 heavy (non-hydrogen) atoms. The summed E-state index contributed by atoms with van der Waals surface area (Å²) in [5, 5.41) is 16.3. The molecule has 0 spiro atoms. The van der Waals surface area contributed by atoms with Crippen LogP contribution in [0.15, 0.2) is 42.6 Å². The van der Waals surface area contributed by atoms with E-state index >= 15 is 0 Å². The number of nitrogens with zero attached hydrogens (tertiary/aromatic N) is 5. The zero-order chi connectivity index (χ0) is 27.4. The zero-order valence-electron chi connectivity index (χ0n) is 23.3.